The summed E-state index contributed by atoms with van der Waals surface area (Å²) in [5.41, 5.74) is 0.618. The van der Waals surface area contributed by atoms with Gasteiger partial charge >= 0.3 is 0 Å². The van der Waals surface area contributed by atoms with E-state index in [4.69, 9.17) is 5.11 Å². The first kappa shape index (κ1) is 9.68. The highest BCUT2D eigenvalue weighted by Gasteiger charge is 2.07. The molecule has 1 nitrogen and oxygen atoms in total. The van der Waals surface area contributed by atoms with E-state index in [1.165, 1.54) is 0 Å². The van der Waals surface area contributed by atoms with Gasteiger partial charge in [-0.05, 0) is 17.7 Å². The van der Waals surface area contributed by atoms with Gasteiger partial charge in [0.05, 0.1) is 0 Å². The van der Waals surface area contributed by atoms with Crippen molar-refractivity contribution in [1.29, 1.82) is 0 Å². The van der Waals surface area contributed by atoms with Crippen LogP contribution in [0.25, 0.3) is 0 Å². The summed E-state index contributed by atoms with van der Waals surface area (Å²) in [5.74, 6) is 0. The van der Waals surface area contributed by atoms with Gasteiger partial charge in [-0.15, -0.1) is 0 Å². The van der Waals surface area contributed by atoms with Crippen molar-refractivity contribution >= 4 is 15.9 Å². The predicted molar refractivity (Wildman–Crippen MR) is 49.7 cm³/mol. The number of halogens is 2. The third kappa shape index (κ3) is 2.57. The zero-order chi connectivity index (χ0) is 8.97. The van der Waals surface area contributed by atoms with E-state index in [-0.39, 0.29) is 13.0 Å². The molecule has 0 heterocycles. The van der Waals surface area contributed by atoms with Crippen LogP contribution in [0.3, 0.4) is 0 Å². The predicted octanol–water partition coefficient (Wildman–Crippen LogP) is 2.84. The van der Waals surface area contributed by atoms with Crippen molar-refractivity contribution < 1.29 is 9.50 Å². The van der Waals surface area contributed by atoms with Crippen molar-refractivity contribution in [2.24, 2.45) is 0 Å². The van der Waals surface area contributed by atoms with Gasteiger partial charge < -0.3 is 5.11 Å². The molecule has 0 saturated carbocycles. The molecule has 1 rings (SSSR count). The van der Waals surface area contributed by atoms with Crippen molar-refractivity contribution in [3.63, 3.8) is 0 Å². The quantitative estimate of drug-likeness (QED) is 0.850. The van der Waals surface area contributed by atoms with Gasteiger partial charge in [0.15, 0.2) is 0 Å². The van der Waals surface area contributed by atoms with Crippen molar-refractivity contribution in [2.75, 3.05) is 6.61 Å². The minimum Gasteiger partial charge on any atom is -0.396 e. The lowest BCUT2D eigenvalue weighted by atomic mass is 10.1. The van der Waals surface area contributed by atoms with E-state index in [9.17, 15) is 4.39 Å². The summed E-state index contributed by atoms with van der Waals surface area (Å²) in [6.07, 6.45) is -0.884. The Kier molecular flexibility index (Phi) is 3.69. The molecule has 0 radical (unpaired) electrons. The number of hydrogen-bond donors (Lipinski definition) is 1. The molecule has 0 fully saturated rings. The third-order valence-electron chi connectivity index (χ3n) is 1.61. The zero-order valence-electron chi connectivity index (χ0n) is 6.50. The minimum absolute atomic E-state index is 0.114. The fourth-order valence-electron chi connectivity index (χ4n) is 0.952. The zero-order valence-corrected chi connectivity index (χ0v) is 8.09. The highest BCUT2D eigenvalue weighted by atomic mass is 79.9. The Morgan fingerprint density at radius 2 is 1.92 bits per heavy atom. The number of aliphatic hydroxyl groups excluding tert-OH is 1. The number of alkyl halides is 1. The van der Waals surface area contributed by atoms with Crippen LogP contribution in [0.15, 0.2) is 28.7 Å². The molecule has 1 aromatic rings. The Hall–Kier alpha value is -0.410. The van der Waals surface area contributed by atoms with Crippen molar-refractivity contribution in [1.82, 2.24) is 0 Å². The molecular weight excluding hydrogens is 223 g/mol. The van der Waals surface area contributed by atoms with Gasteiger partial charge in [-0.25, -0.2) is 4.39 Å². The topological polar surface area (TPSA) is 20.2 Å². The number of benzene rings is 1. The molecule has 0 aliphatic rings. The molecule has 3 heteroatoms. The van der Waals surface area contributed by atoms with E-state index in [0.29, 0.717) is 5.56 Å². The molecular formula is C9H10BrFO. The average Bonchev–Trinajstić information content (AvgIpc) is 2.06. The van der Waals surface area contributed by atoms with Gasteiger partial charge in [-0.3, -0.25) is 0 Å². The lowest BCUT2D eigenvalue weighted by Gasteiger charge is -2.05. The number of aliphatic hydroxyl groups is 1. The van der Waals surface area contributed by atoms with E-state index < -0.39 is 6.17 Å². The van der Waals surface area contributed by atoms with Crippen LogP contribution >= 0.6 is 15.9 Å². The van der Waals surface area contributed by atoms with E-state index >= 15 is 0 Å². The lowest BCUT2D eigenvalue weighted by Crippen LogP contribution is -1.94. The molecule has 1 atom stereocenters. The first-order valence-corrected chi connectivity index (χ1v) is 4.53. The van der Waals surface area contributed by atoms with E-state index in [0.717, 1.165) is 4.47 Å². The first-order valence-electron chi connectivity index (χ1n) is 3.74. The Labute approximate surface area is 79.4 Å². The van der Waals surface area contributed by atoms with E-state index in [2.05, 4.69) is 15.9 Å². The highest BCUT2D eigenvalue weighted by molar-refractivity contribution is 9.10. The normalized spacial score (nSPS) is 12.9. The Balaban J connectivity index is 2.68. The summed E-state index contributed by atoms with van der Waals surface area (Å²) in [5, 5.41) is 8.50. The summed E-state index contributed by atoms with van der Waals surface area (Å²) >= 11 is 3.26. The van der Waals surface area contributed by atoms with Gasteiger partial charge in [0.2, 0.25) is 0 Å². The van der Waals surface area contributed by atoms with Crippen LogP contribution in [0.1, 0.15) is 18.2 Å². The van der Waals surface area contributed by atoms with Crippen LogP contribution in [0.2, 0.25) is 0 Å². The molecule has 0 aliphatic heterocycles. The standard InChI is InChI=1S/C9H10BrFO/c10-8-3-1-7(2-4-8)9(11)5-6-12/h1-4,9,12H,5-6H2. The van der Waals surface area contributed by atoms with Crippen LogP contribution in [-0.2, 0) is 0 Å². The van der Waals surface area contributed by atoms with Gasteiger partial charge in [-0.1, -0.05) is 28.1 Å². The Bertz CT molecular complexity index is 235. The molecule has 1 aromatic carbocycles. The molecule has 0 amide bonds. The molecule has 0 saturated heterocycles. The Morgan fingerprint density at radius 1 is 1.33 bits per heavy atom. The number of hydrogen-bond acceptors (Lipinski definition) is 1. The average molecular weight is 233 g/mol. The minimum atomic E-state index is -1.05. The van der Waals surface area contributed by atoms with E-state index in [1.54, 1.807) is 24.3 Å². The molecule has 12 heavy (non-hydrogen) atoms. The lowest BCUT2D eigenvalue weighted by molar-refractivity contribution is 0.222. The molecule has 1 unspecified atom stereocenters. The molecule has 66 valence electrons. The first-order chi connectivity index (χ1) is 5.74. The monoisotopic (exact) mass is 232 g/mol. The molecule has 0 aliphatic carbocycles. The SMILES string of the molecule is OCCC(F)c1ccc(Br)cc1. The highest BCUT2D eigenvalue weighted by Crippen LogP contribution is 2.22. The summed E-state index contributed by atoms with van der Waals surface area (Å²) in [7, 11) is 0. The van der Waals surface area contributed by atoms with Gasteiger partial charge in [-0.2, -0.15) is 0 Å². The van der Waals surface area contributed by atoms with Crippen LogP contribution in [0, 0.1) is 0 Å². The smallest absolute Gasteiger partial charge is 0.127 e. The summed E-state index contributed by atoms with van der Waals surface area (Å²) in [6, 6.07) is 7.01. The molecule has 0 aromatic heterocycles. The molecule has 1 N–H and O–H groups in total. The van der Waals surface area contributed by atoms with E-state index in [1.807, 2.05) is 0 Å². The number of rotatable bonds is 3. The molecule has 0 spiro atoms. The summed E-state index contributed by atoms with van der Waals surface area (Å²) in [4.78, 5) is 0. The van der Waals surface area contributed by atoms with Crippen LogP contribution < -0.4 is 0 Å². The van der Waals surface area contributed by atoms with Crippen molar-refractivity contribution in [2.45, 2.75) is 12.6 Å². The van der Waals surface area contributed by atoms with Crippen LogP contribution in [0.4, 0.5) is 4.39 Å². The fourth-order valence-corrected chi connectivity index (χ4v) is 1.22. The third-order valence-corrected chi connectivity index (χ3v) is 2.14. The van der Waals surface area contributed by atoms with Gasteiger partial charge in [0, 0.05) is 17.5 Å². The second kappa shape index (κ2) is 4.58. The Morgan fingerprint density at radius 3 is 2.42 bits per heavy atom. The maximum atomic E-state index is 13.1. The maximum Gasteiger partial charge on any atom is 0.127 e. The fraction of sp³-hybridized carbons (Fsp3) is 0.333. The molecule has 0 bridgehead atoms. The van der Waals surface area contributed by atoms with Crippen LogP contribution in [0.5, 0.6) is 0 Å². The van der Waals surface area contributed by atoms with Crippen molar-refractivity contribution in [3.8, 4) is 0 Å². The maximum absolute atomic E-state index is 13.1. The summed E-state index contributed by atoms with van der Waals surface area (Å²) < 4.78 is 14.0. The van der Waals surface area contributed by atoms with Gasteiger partial charge in [0.25, 0.3) is 0 Å². The summed E-state index contributed by atoms with van der Waals surface area (Å²) in [6.45, 7) is -0.114. The second-order valence-corrected chi connectivity index (χ2v) is 3.45. The second-order valence-electron chi connectivity index (χ2n) is 2.53. The van der Waals surface area contributed by atoms with Crippen LogP contribution in [-0.4, -0.2) is 11.7 Å². The van der Waals surface area contributed by atoms with Crippen molar-refractivity contribution in [3.05, 3.63) is 34.3 Å². The largest absolute Gasteiger partial charge is 0.396 e. The van der Waals surface area contributed by atoms with Gasteiger partial charge in [0.1, 0.15) is 6.17 Å².